The van der Waals surface area contributed by atoms with Crippen molar-refractivity contribution in [2.75, 3.05) is 7.11 Å². The molecule has 8 heteroatoms. The lowest BCUT2D eigenvalue weighted by Gasteiger charge is -2.12. The standard InChI is InChI=1S/C17H11BrF2N4O/c1-9-16(15-12(19)5-10(7-21)6-13(15)20)24(17(18)23-9)11-3-4-14(25-2)22-8-11/h3-6,8H,1-2H3. The Bertz CT molecular complexity index is 970. The van der Waals surface area contributed by atoms with Gasteiger partial charge in [-0.25, -0.2) is 18.7 Å². The summed E-state index contributed by atoms with van der Waals surface area (Å²) in [4.78, 5) is 8.36. The molecule has 0 N–H and O–H groups in total. The predicted octanol–water partition coefficient (Wildman–Crippen LogP) is 4.16. The van der Waals surface area contributed by atoms with E-state index in [1.54, 1.807) is 25.1 Å². The second-order valence-corrected chi connectivity index (χ2v) is 5.84. The highest BCUT2D eigenvalue weighted by atomic mass is 79.9. The Kier molecular flexibility index (Phi) is 4.51. The Labute approximate surface area is 150 Å². The number of pyridine rings is 1. The zero-order valence-corrected chi connectivity index (χ0v) is 14.8. The van der Waals surface area contributed by atoms with E-state index in [4.69, 9.17) is 10.00 Å². The zero-order valence-electron chi connectivity index (χ0n) is 13.2. The summed E-state index contributed by atoms with van der Waals surface area (Å²) < 4.78 is 35.9. The molecule has 0 spiro atoms. The summed E-state index contributed by atoms with van der Waals surface area (Å²) in [5.74, 6) is -1.27. The number of nitriles is 1. The van der Waals surface area contributed by atoms with Gasteiger partial charge in [-0.15, -0.1) is 0 Å². The fraction of sp³-hybridized carbons (Fsp3) is 0.118. The Morgan fingerprint density at radius 2 is 1.92 bits per heavy atom. The van der Waals surface area contributed by atoms with Gasteiger partial charge in [0.1, 0.15) is 11.6 Å². The molecule has 0 fully saturated rings. The smallest absolute Gasteiger partial charge is 0.213 e. The second kappa shape index (κ2) is 6.61. The van der Waals surface area contributed by atoms with Gasteiger partial charge < -0.3 is 4.74 Å². The molecule has 3 rings (SSSR count). The van der Waals surface area contributed by atoms with Crippen LogP contribution >= 0.6 is 15.9 Å². The Morgan fingerprint density at radius 1 is 1.24 bits per heavy atom. The summed E-state index contributed by atoms with van der Waals surface area (Å²) in [7, 11) is 1.49. The Morgan fingerprint density at radius 3 is 2.44 bits per heavy atom. The van der Waals surface area contributed by atoms with E-state index in [0.29, 0.717) is 22.0 Å². The molecule has 126 valence electrons. The van der Waals surface area contributed by atoms with E-state index >= 15 is 0 Å². The molecule has 0 atom stereocenters. The van der Waals surface area contributed by atoms with Crippen LogP contribution in [0.5, 0.6) is 5.88 Å². The normalized spacial score (nSPS) is 10.6. The molecule has 0 aliphatic rings. The van der Waals surface area contributed by atoms with Crippen LogP contribution in [0.15, 0.2) is 35.2 Å². The number of halogens is 3. The van der Waals surface area contributed by atoms with Crippen LogP contribution in [0.4, 0.5) is 8.78 Å². The molecule has 0 saturated heterocycles. The van der Waals surface area contributed by atoms with Crippen molar-refractivity contribution in [1.29, 1.82) is 5.26 Å². The van der Waals surface area contributed by atoms with Gasteiger partial charge in [0.15, 0.2) is 4.73 Å². The van der Waals surface area contributed by atoms with Crippen LogP contribution in [-0.4, -0.2) is 21.6 Å². The number of ether oxygens (including phenoxy) is 1. The van der Waals surface area contributed by atoms with Gasteiger partial charge in [-0.1, -0.05) is 0 Å². The van der Waals surface area contributed by atoms with Crippen LogP contribution < -0.4 is 4.74 Å². The van der Waals surface area contributed by atoms with Gasteiger partial charge in [-0.05, 0) is 41.1 Å². The van der Waals surface area contributed by atoms with E-state index in [0.717, 1.165) is 12.1 Å². The monoisotopic (exact) mass is 404 g/mol. The van der Waals surface area contributed by atoms with Crippen LogP contribution in [-0.2, 0) is 0 Å². The molecule has 2 aromatic heterocycles. The van der Waals surface area contributed by atoms with E-state index in [1.165, 1.54) is 17.9 Å². The molecule has 0 unspecified atom stereocenters. The fourth-order valence-electron chi connectivity index (χ4n) is 2.51. The molecule has 5 nitrogen and oxygen atoms in total. The quantitative estimate of drug-likeness (QED) is 0.657. The number of methoxy groups -OCH3 is 1. The highest BCUT2D eigenvalue weighted by molar-refractivity contribution is 9.10. The molecule has 0 bridgehead atoms. The van der Waals surface area contributed by atoms with Crippen molar-refractivity contribution in [3.63, 3.8) is 0 Å². The maximum absolute atomic E-state index is 14.5. The second-order valence-electron chi connectivity index (χ2n) is 5.14. The molecule has 0 radical (unpaired) electrons. The molecule has 0 saturated carbocycles. The highest BCUT2D eigenvalue weighted by Gasteiger charge is 2.23. The summed E-state index contributed by atoms with van der Waals surface area (Å²) in [5.41, 5.74) is 0.855. The molecule has 3 aromatic rings. The number of rotatable bonds is 3. The summed E-state index contributed by atoms with van der Waals surface area (Å²) in [6.45, 7) is 1.64. The SMILES string of the molecule is COc1ccc(-n2c(Br)nc(C)c2-c2c(F)cc(C#N)cc2F)cn1. The minimum atomic E-state index is -0.838. The zero-order chi connectivity index (χ0) is 18.1. The third kappa shape index (κ3) is 2.98. The van der Waals surface area contributed by atoms with Crippen molar-refractivity contribution < 1.29 is 13.5 Å². The average molecular weight is 405 g/mol. The lowest BCUT2D eigenvalue weighted by molar-refractivity contribution is 0.398. The summed E-state index contributed by atoms with van der Waals surface area (Å²) in [6.07, 6.45) is 1.51. The average Bonchev–Trinajstić information content (AvgIpc) is 2.88. The van der Waals surface area contributed by atoms with Gasteiger partial charge in [-0.2, -0.15) is 5.26 Å². The molecule has 0 amide bonds. The minimum absolute atomic E-state index is 0.0901. The number of aromatic nitrogens is 3. The van der Waals surface area contributed by atoms with E-state index in [-0.39, 0.29) is 16.8 Å². The van der Waals surface area contributed by atoms with Gasteiger partial charge in [0.05, 0.1) is 47.6 Å². The van der Waals surface area contributed by atoms with Crippen LogP contribution in [0.1, 0.15) is 11.3 Å². The van der Waals surface area contributed by atoms with Crippen LogP contribution in [0.25, 0.3) is 16.9 Å². The first-order valence-corrected chi connectivity index (χ1v) is 7.90. The summed E-state index contributed by atoms with van der Waals surface area (Å²) in [5, 5.41) is 8.86. The molecular formula is C17H11BrF2N4O. The van der Waals surface area contributed by atoms with Gasteiger partial charge in [0, 0.05) is 6.07 Å². The minimum Gasteiger partial charge on any atom is -0.481 e. The highest BCUT2D eigenvalue weighted by Crippen LogP contribution is 2.34. The summed E-state index contributed by atoms with van der Waals surface area (Å²) in [6, 6.07) is 7.05. The maximum Gasteiger partial charge on any atom is 0.213 e. The Hall–Kier alpha value is -2.79. The molecule has 0 aliphatic heterocycles. The van der Waals surface area contributed by atoms with E-state index in [2.05, 4.69) is 25.9 Å². The largest absolute Gasteiger partial charge is 0.481 e. The number of hydrogen-bond donors (Lipinski definition) is 0. The van der Waals surface area contributed by atoms with Crippen molar-refractivity contribution in [2.45, 2.75) is 6.92 Å². The summed E-state index contributed by atoms with van der Waals surface area (Å²) >= 11 is 3.31. The number of benzene rings is 1. The van der Waals surface area contributed by atoms with E-state index < -0.39 is 11.6 Å². The number of hydrogen-bond acceptors (Lipinski definition) is 4. The first-order valence-electron chi connectivity index (χ1n) is 7.11. The molecule has 25 heavy (non-hydrogen) atoms. The fourth-order valence-corrected chi connectivity index (χ4v) is 3.16. The lowest BCUT2D eigenvalue weighted by Crippen LogP contribution is -2.03. The van der Waals surface area contributed by atoms with Crippen molar-refractivity contribution >= 4 is 15.9 Å². The molecule has 0 aliphatic carbocycles. The first kappa shape index (κ1) is 17.0. The van der Waals surface area contributed by atoms with Crippen molar-refractivity contribution in [1.82, 2.24) is 14.5 Å². The third-order valence-corrected chi connectivity index (χ3v) is 4.14. The van der Waals surface area contributed by atoms with Gasteiger partial charge in [0.2, 0.25) is 5.88 Å². The van der Waals surface area contributed by atoms with Gasteiger partial charge in [0.25, 0.3) is 0 Å². The van der Waals surface area contributed by atoms with Crippen molar-refractivity contribution in [3.05, 3.63) is 58.1 Å². The van der Waals surface area contributed by atoms with E-state index in [9.17, 15) is 8.78 Å². The topological polar surface area (TPSA) is 63.7 Å². The van der Waals surface area contributed by atoms with Crippen molar-refractivity contribution in [2.24, 2.45) is 0 Å². The molecule has 2 heterocycles. The van der Waals surface area contributed by atoms with E-state index in [1.807, 2.05) is 0 Å². The number of imidazole rings is 1. The maximum atomic E-state index is 14.5. The third-order valence-electron chi connectivity index (χ3n) is 3.61. The van der Waals surface area contributed by atoms with Gasteiger partial charge >= 0.3 is 0 Å². The number of nitrogens with zero attached hydrogens (tertiary/aromatic N) is 4. The molecular weight excluding hydrogens is 394 g/mol. The lowest BCUT2D eigenvalue weighted by atomic mass is 10.1. The first-order chi connectivity index (χ1) is 12.0. The molecule has 1 aromatic carbocycles. The van der Waals surface area contributed by atoms with Crippen LogP contribution in [0.2, 0.25) is 0 Å². The van der Waals surface area contributed by atoms with Gasteiger partial charge in [-0.3, -0.25) is 4.57 Å². The Balaban J connectivity index is 2.27. The predicted molar refractivity (Wildman–Crippen MR) is 90.4 cm³/mol. The van der Waals surface area contributed by atoms with Crippen molar-refractivity contribution in [3.8, 4) is 28.9 Å². The number of aryl methyl sites for hydroxylation is 1. The van der Waals surface area contributed by atoms with Crippen LogP contribution in [0, 0.1) is 29.9 Å². The van der Waals surface area contributed by atoms with Crippen LogP contribution in [0.3, 0.4) is 0 Å².